The molecule has 0 spiro atoms. The topological polar surface area (TPSA) is 107 Å². The predicted molar refractivity (Wildman–Crippen MR) is 108 cm³/mol. The predicted octanol–water partition coefficient (Wildman–Crippen LogP) is 2.95. The van der Waals surface area contributed by atoms with Crippen LogP contribution in [-0.2, 0) is 4.79 Å². The Labute approximate surface area is 164 Å². The molecule has 0 bridgehead atoms. The largest absolute Gasteiger partial charge is 0.495 e. The molecule has 0 aliphatic carbocycles. The molecule has 1 amide bonds. The number of carbonyl (C=O) groups excluding carboxylic acids is 1. The SMILES string of the molecule is CCOc1cc(/C(=C\C#N)c2ccc(OC)c(NC(=O)CN)c2)ccc1OC. The molecule has 0 heterocycles. The number of carbonyl (C=O) groups is 1. The van der Waals surface area contributed by atoms with Crippen LogP contribution in [0.3, 0.4) is 0 Å². The number of hydrogen-bond acceptors (Lipinski definition) is 6. The highest BCUT2D eigenvalue weighted by Gasteiger charge is 2.14. The molecule has 7 nitrogen and oxygen atoms in total. The standard InChI is InChI=1S/C21H23N3O4/c1-4-28-20-12-15(6-8-19(20)27-3)16(9-10-22)14-5-7-18(26-2)17(11-14)24-21(25)13-23/h5-9,11-12H,4,13,23H2,1-3H3,(H,24,25)/b16-9-. The fraction of sp³-hybridized carbons (Fsp3) is 0.238. The van der Waals surface area contributed by atoms with Crippen LogP contribution in [-0.4, -0.2) is 33.3 Å². The van der Waals surface area contributed by atoms with Crippen molar-refractivity contribution in [2.75, 3.05) is 32.7 Å². The van der Waals surface area contributed by atoms with Crippen LogP contribution in [0.25, 0.3) is 5.57 Å². The Balaban J connectivity index is 2.54. The molecule has 7 heteroatoms. The van der Waals surface area contributed by atoms with Gasteiger partial charge in [-0.05, 0) is 47.9 Å². The van der Waals surface area contributed by atoms with Crippen LogP contribution in [0.5, 0.6) is 17.2 Å². The zero-order chi connectivity index (χ0) is 20.5. The van der Waals surface area contributed by atoms with Crippen LogP contribution in [0.15, 0.2) is 42.5 Å². The van der Waals surface area contributed by atoms with E-state index in [2.05, 4.69) is 11.4 Å². The highest BCUT2D eigenvalue weighted by atomic mass is 16.5. The molecule has 2 aromatic carbocycles. The molecule has 2 aromatic rings. The van der Waals surface area contributed by atoms with Crippen LogP contribution in [0.1, 0.15) is 18.1 Å². The average molecular weight is 381 g/mol. The Kier molecular flexibility index (Phi) is 7.43. The van der Waals surface area contributed by atoms with Crippen molar-refractivity contribution < 1.29 is 19.0 Å². The van der Waals surface area contributed by atoms with Crippen LogP contribution >= 0.6 is 0 Å². The van der Waals surface area contributed by atoms with Gasteiger partial charge in [-0.25, -0.2) is 0 Å². The second kappa shape index (κ2) is 10.00. The quantitative estimate of drug-likeness (QED) is 0.681. The number of nitriles is 1. The Hall–Kier alpha value is -3.50. The van der Waals surface area contributed by atoms with Gasteiger partial charge in [0.15, 0.2) is 11.5 Å². The lowest BCUT2D eigenvalue weighted by atomic mass is 9.96. The fourth-order valence-corrected chi connectivity index (χ4v) is 2.68. The molecule has 0 radical (unpaired) electrons. The van der Waals surface area contributed by atoms with Crippen LogP contribution < -0.4 is 25.3 Å². The smallest absolute Gasteiger partial charge is 0.238 e. The number of nitrogens with two attached hydrogens (primary N) is 1. The first-order valence-corrected chi connectivity index (χ1v) is 8.67. The molecular weight excluding hydrogens is 358 g/mol. The van der Waals surface area contributed by atoms with E-state index in [4.69, 9.17) is 19.9 Å². The maximum atomic E-state index is 11.7. The third-order valence-corrected chi connectivity index (χ3v) is 3.95. The molecule has 0 saturated heterocycles. The molecule has 0 aliphatic heterocycles. The number of allylic oxidation sites excluding steroid dienone is 1. The number of benzene rings is 2. The molecule has 28 heavy (non-hydrogen) atoms. The van der Waals surface area contributed by atoms with Gasteiger partial charge in [-0.15, -0.1) is 0 Å². The van der Waals surface area contributed by atoms with E-state index in [0.717, 1.165) is 11.1 Å². The van der Waals surface area contributed by atoms with E-state index in [-0.39, 0.29) is 12.5 Å². The number of rotatable bonds is 8. The Morgan fingerprint density at radius 1 is 1.11 bits per heavy atom. The number of nitrogens with zero attached hydrogens (tertiary/aromatic N) is 1. The van der Waals surface area contributed by atoms with Crippen molar-refractivity contribution in [3.63, 3.8) is 0 Å². The molecule has 2 rings (SSSR count). The van der Waals surface area contributed by atoms with Gasteiger partial charge < -0.3 is 25.3 Å². The van der Waals surface area contributed by atoms with E-state index in [9.17, 15) is 10.1 Å². The number of ether oxygens (including phenoxy) is 3. The van der Waals surface area contributed by atoms with Crippen molar-refractivity contribution in [3.05, 3.63) is 53.6 Å². The minimum atomic E-state index is -0.343. The number of amides is 1. The van der Waals surface area contributed by atoms with Crippen molar-refractivity contribution in [2.24, 2.45) is 5.73 Å². The normalized spacial score (nSPS) is 10.8. The van der Waals surface area contributed by atoms with E-state index in [1.54, 1.807) is 25.3 Å². The second-order valence-corrected chi connectivity index (χ2v) is 5.65. The number of methoxy groups -OCH3 is 2. The van der Waals surface area contributed by atoms with Crippen molar-refractivity contribution in [1.29, 1.82) is 5.26 Å². The summed E-state index contributed by atoms with van der Waals surface area (Å²) in [5.41, 5.74) is 8.02. The van der Waals surface area contributed by atoms with Crippen LogP contribution in [0.2, 0.25) is 0 Å². The highest BCUT2D eigenvalue weighted by molar-refractivity contribution is 5.95. The summed E-state index contributed by atoms with van der Waals surface area (Å²) in [6.45, 7) is 2.22. The summed E-state index contributed by atoms with van der Waals surface area (Å²) < 4.78 is 16.2. The van der Waals surface area contributed by atoms with Crippen LogP contribution in [0, 0.1) is 11.3 Å². The number of hydrogen-bond donors (Lipinski definition) is 2. The molecule has 0 unspecified atom stereocenters. The van der Waals surface area contributed by atoms with E-state index in [1.807, 2.05) is 25.1 Å². The summed E-state index contributed by atoms with van der Waals surface area (Å²) in [7, 11) is 3.08. The van der Waals surface area contributed by atoms with E-state index in [0.29, 0.717) is 35.1 Å². The van der Waals surface area contributed by atoms with Crippen molar-refractivity contribution in [3.8, 4) is 23.3 Å². The van der Waals surface area contributed by atoms with Gasteiger partial charge in [-0.3, -0.25) is 4.79 Å². The maximum Gasteiger partial charge on any atom is 0.238 e. The minimum Gasteiger partial charge on any atom is -0.495 e. The molecule has 3 N–H and O–H groups in total. The lowest BCUT2D eigenvalue weighted by Crippen LogP contribution is -2.22. The van der Waals surface area contributed by atoms with Crippen molar-refractivity contribution >= 4 is 17.2 Å². The number of nitrogens with one attached hydrogen (secondary N) is 1. The first-order valence-electron chi connectivity index (χ1n) is 8.67. The summed E-state index contributed by atoms with van der Waals surface area (Å²) in [5, 5.41) is 12.0. The summed E-state index contributed by atoms with van der Waals surface area (Å²) >= 11 is 0. The molecule has 146 valence electrons. The average Bonchev–Trinajstić information content (AvgIpc) is 2.72. The van der Waals surface area contributed by atoms with Gasteiger partial charge in [0.25, 0.3) is 0 Å². The molecule has 0 fully saturated rings. The lowest BCUT2D eigenvalue weighted by Gasteiger charge is -2.15. The fourth-order valence-electron chi connectivity index (χ4n) is 2.68. The molecule has 0 aromatic heterocycles. The summed E-state index contributed by atoms with van der Waals surface area (Å²) in [6, 6.07) is 12.8. The molecule has 0 saturated carbocycles. The molecule has 0 aliphatic rings. The van der Waals surface area contributed by atoms with Gasteiger partial charge in [0.1, 0.15) is 5.75 Å². The van der Waals surface area contributed by atoms with E-state index < -0.39 is 0 Å². The Morgan fingerprint density at radius 2 is 1.75 bits per heavy atom. The Bertz CT molecular complexity index is 916. The Morgan fingerprint density at radius 3 is 2.32 bits per heavy atom. The highest BCUT2D eigenvalue weighted by Crippen LogP contribution is 2.35. The van der Waals surface area contributed by atoms with Crippen LogP contribution in [0.4, 0.5) is 5.69 Å². The first kappa shape index (κ1) is 20.8. The maximum absolute atomic E-state index is 11.7. The van der Waals surface area contributed by atoms with E-state index >= 15 is 0 Å². The third-order valence-electron chi connectivity index (χ3n) is 3.95. The summed E-state index contributed by atoms with van der Waals surface area (Å²) in [4.78, 5) is 11.7. The molecular formula is C21H23N3O4. The van der Waals surface area contributed by atoms with Gasteiger partial charge >= 0.3 is 0 Å². The summed E-state index contributed by atoms with van der Waals surface area (Å²) in [5.74, 6) is 1.33. The third kappa shape index (κ3) is 4.81. The summed E-state index contributed by atoms with van der Waals surface area (Å²) in [6.07, 6.45) is 1.44. The minimum absolute atomic E-state index is 0.148. The van der Waals surface area contributed by atoms with Gasteiger partial charge in [0.05, 0.1) is 39.1 Å². The zero-order valence-corrected chi connectivity index (χ0v) is 16.1. The van der Waals surface area contributed by atoms with Gasteiger partial charge in [-0.1, -0.05) is 12.1 Å². The first-order chi connectivity index (χ1) is 13.6. The number of anilines is 1. The van der Waals surface area contributed by atoms with Crippen molar-refractivity contribution in [1.82, 2.24) is 0 Å². The van der Waals surface area contributed by atoms with E-state index in [1.165, 1.54) is 13.2 Å². The molecule has 0 atom stereocenters. The van der Waals surface area contributed by atoms with Gasteiger partial charge in [0, 0.05) is 6.08 Å². The van der Waals surface area contributed by atoms with Crippen molar-refractivity contribution in [2.45, 2.75) is 6.92 Å². The second-order valence-electron chi connectivity index (χ2n) is 5.65. The lowest BCUT2D eigenvalue weighted by molar-refractivity contribution is -0.114. The zero-order valence-electron chi connectivity index (χ0n) is 16.1. The monoisotopic (exact) mass is 381 g/mol. The van der Waals surface area contributed by atoms with Gasteiger partial charge in [-0.2, -0.15) is 5.26 Å². The van der Waals surface area contributed by atoms with Gasteiger partial charge in [0.2, 0.25) is 5.91 Å².